The fraction of sp³-hybridized carbons (Fsp3) is 0.333. The molecule has 0 aliphatic heterocycles. The molecule has 0 aromatic heterocycles. The molecule has 12 heteroatoms. The lowest BCUT2D eigenvalue weighted by atomic mass is 10.1. The molecule has 0 fully saturated rings. The molecule has 0 bridgehead atoms. The van der Waals surface area contributed by atoms with Gasteiger partial charge in [-0.25, -0.2) is 0 Å². The van der Waals surface area contributed by atoms with Crippen molar-refractivity contribution in [1.29, 1.82) is 0 Å². The van der Waals surface area contributed by atoms with E-state index >= 15 is 0 Å². The van der Waals surface area contributed by atoms with E-state index in [1.165, 1.54) is 12.1 Å². The maximum Gasteiger partial charge on any atom is 0.274 e. The summed E-state index contributed by atoms with van der Waals surface area (Å²) in [5.41, 5.74) is 1.42. The van der Waals surface area contributed by atoms with Crippen molar-refractivity contribution in [3.05, 3.63) is 23.3 Å². The van der Waals surface area contributed by atoms with E-state index in [-0.39, 0.29) is 11.4 Å². The fourth-order valence-corrected chi connectivity index (χ4v) is 2.60. The predicted octanol–water partition coefficient (Wildman–Crippen LogP) is -0.0440. The highest BCUT2D eigenvalue weighted by molar-refractivity contribution is 7.86. The molecule has 10 nitrogen and oxygen atoms in total. The number of anilines is 2. The Morgan fingerprint density at radius 1 is 0.833 bits per heavy atom. The van der Waals surface area contributed by atoms with E-state index in [2.05, 4.69) is 10.6 Å². The van der Waals surface area contributed by atoms with Gasteiger partial charge in [-0.15, -0.1) is 0 Å². The van der Waals surface area contributed by atoms with Crippen LogP contribution in [0.2, 0.25) is 0 Å². The SMILES string of the molecule is Cc1cc(NC(=O)CS(=O)(=O)O)c(C)cc1NC(=O)CS(=O)(=O)O. The number of hydrogen-bond donors (Lipinski definition) is 4. The molecule has 1 rings (SSSR count). The van der Waals surface area contributed by atoms with Crippen LogP contribution in [-0.4, -0.2) is 49.3 Å². The lowest BCUT2D eigenvalue weighted by molar-refractivity contribution is -0.114. The van der Waals surface area contributed by atoms with Gasteiger partial charge in [-0.05, 0) is 37.1 Å². The highest BCUT2D eigenvalue weighted by Gasteiger charge is 2.16. The highest BCUT2D eigenvalue weighted by Crippen LogP contribution is 2.24. The summed E-state index contributed by atoms with van der Waals surface area (Å²) in [6.07, 6.45) is 0. The average molecular weight is 380 g/mol. The molecule has 0 unspecified atom stereocenters. The molecule has 1 aromatic rings. The zero-order valence-corrected chi connectivity index (χ0v) is 14.4. The minimum atomic E-state index is -4.46. The molecule has 4 N–H and O–H groups in total. The van der Waals surface area contributed by atoms with Crippen molar-refractivity contribution in [2.75, 3.05) is 22.1 Å². The van der Waals surface area contributed by atoms with Crippen LogP contribution >= 0.6 is 0 Å². The molecule has 0 atom stereocenters. The van der Waals surface area contributed by atoms with Crippen LogP contribution in [0.1, 0.15) is 11.1 Å². The van der Waals surface area contributed by atoms with Crippen LogP contribution < -0.4 is 10.6 Å². The van der Waals surface area contributed by atoms with Crippen LogP contribution in [0.5, 0.6) is 0 Å². The topological polar surface area (TPSA) is 167 Å². The first-order valence-corrected chi connectivity index (χ1v) is 9.60. The Morgan fingerprint density at radius 2 is 1.12 bits per heavy atom. The fourth-order valence-electron chi connectivity index (χ4n) is 1.79. The molecule has 1 aromatic carbocycles. The summed E-state index contributed by atoms with van der Waals surface area (Å²) in [5.74, 6) is -4.08. The van der Waals surface area contributed by atoms with Crippen LogP contribution in [-0.2, 0) is 29.8 Å². The Balaban J connectivity index is 2.94. The lowest BCUT2D eigenvalue weighted by Gasteiger charge is -2.13. The lowest BCUT2D eigenvalue weighted by Crippen LogP contribution is -2.24. The number of nitrogens with one attached hydrogen (secondary N) is 2. The largest absolute Gasteiger partial charge is 0.325 e. The number of benzene rings is 1. The number of carbonyl (C=O) groups excluding carboxylic acids is 2. The smallest absolute Gasteiger partial charge is 0.274 e. The van der Waals surface area contributed by atoms with Gasteiger partial charge < -0.3 is 10.6 Å². The van der Waals surface area contributed by atoms with Gasteiger partial charge in [0.1, 0.15) is 0 Å². The van der Waals surface area contributed by atoms with Gasteiger partial charge in [0.2, 0.25) is 11.8 Å². The van der Waals surface area contributed by atoms with Crippen molar-refractivity contribution in [2.45, 2.75) is 13.8 Å². The first kappa shape index (κ1) is 20.0. The molecule has 134 valence electrons. The van der Waals surface area contributed by atoms with Gasteiger partial charge in [0.25, 0.3) is 20.2 Å². The molecule has 0 spiro atoms. The standard InChI is InChI=1S/C12H16N2O8S2/c1-7-3-10(14-12(16)6-24(20,21)22)8(2)4-9(7)13-11(15)5-23(17,18)19/h3-4H,5-6H2,1-2H3,(H,13,15)(H,14,16)(H,17,18,19)(H,20,21,22). The molecule has 0 saturated carbocycles. The van der Waals surface area contributed by atoms with Crippen molar-refractivity contribution in [1.82, 2.24) is 0 Å². The van der Waals surface area contributed by atoms with Crippen LogP contribution in [0.3, 0.4) is 0 Å². The number of aryl methyl sites for hydroxylation is 2. The Kier molecular flexibility index (Phi) is 6.05. The van der Waals surface area contributed by atoms with Crippen molar-refractivity contribution in [3.63, 3.8) is 0 Å². The van der Waals surface area contributed by atoms with Crippen LogP contribution in [0, 0.1) is 13.8 Å². The predicted molar refractivity (Wildman–Crippen MR) is 86.0 cm³/mol. The van der Waals surface area contributed by atoms with Crippen molar-refractivity contribution in [2.24, 2.45) is 0 Å². The Morgan fingerprint density at radius 3 is 1.38 bits per heavy atom. The third kappa shape index (κ3) is 7.04. The molecule has 0 heterocycles. The third-order valence-corrected chi connectivity index (χ3v) is 4.00. The first-order chi connectivity index (χ1) is 10.8. The van der Waals surface area contributed by atoms with Crippen molar-refractivity contribution in [3.8, 4) is 0 Å². The quantitative estimate of drug-likeness (QED) is 0.498. The number of hydrogen-bond acceptors (Lipinski definition) is 6. The van der Waals surface area contributed by atoms with Gasteiger partial charge in [0, 0.05) is 11.4 Å². The second kappa shape index (κ2) is 7.25. The van der Waals surface area contributed by atoms with E-state index in [1.54, 1.807) is 13.8 Å². The van der Waals surface area contributed by atoms with Gasteiger partial charge in [0.15, 0.2) is 11.5 Å². The van der Waals surface area contributed by atoms with Crippen LogP contribution in [0.15, 0.2) is 12.1 Å². The van der Waals surface area contributed by atoms with Gasteiger partial charge in [-0.3, -0.25) is 18.7 Å². The van der Waals surface area contributed by atoms with Gasteiger partial charge in [-0.2, -0.15) is 16.8 Å². The Hall–Kier alpha value is -2.02. The van der Waals surface area contributed by atoms with E-state index < -0.39 is 43.6 Å². The molecular formula is C12H16N2O8S2. The monoisotopic (exact) mass is 380 g/mol. The maximum atomic E-state index is 11.5. The van der Waals surface area contributed by atoms with Gasteiger partial charge in [0.05, 0.1) is 0 Å². The zero-order chi connectivity index (χ0) is 18.7. The Labute approximate surface area is 138 Å². The van der Waals surface area contributed by atoms with E-state index in [9.17, 15) is 26.4 Å². The zero-order valence-electron chi connectivity index (χ0n) is 12.7. The first-order valence-electron chi connectivity index (χ1n) is 6.38. The second-order valence-electron chi connectivity index (χ2n) is 5.03. The van der Waals surface area contributed by atoms with E-state index in [1.807, 2.05) is 0 Å². The summed E-state index contributed by atoms with van der Waals surface area (Å²) in [6.45, 7) is 3.11. The summed E-state index contributed by atoms with van der Waals surface area (Å²) in [5, 5.41) is 4.60. The number of rotatable bonds is 6. The van der Waals surface area contributed by atoms with Crippen LogP contribution in [0.4, 0.5) is 11.4 Å². The van der Waals surface area contributed by atoms with Crippen molar-refractivity contribution >= 4 is 43.4 Å². The molecule has 0 aliphatic rings. The minimum absolute atomic E-state index is 0.258. The molecule has 0 aliphatic carbocycles. The molecule has 24 heavy (non-hydrogen) atoms. The highest BCUT2D eigenvalue weighted by atomic mass is 32.2. The average Bonchev–Trinajstić information content (AvgIpc) is 2.30. The van der Waals surface area contributed by atoms with Gasteiger partial charge >= 0.3 is 0 Å². The Bertz CT molecular complexity index is 801. The number of carbonyl (C=O) groups is 2. The third-order valence-electron chi connectivity index (χ3n) is 2.75. The molecule has 0 saturated heterocycles. The van der Waals surface area contributed by atoms with E-state index in [0.717, 1.165) is 0 Å². The van der Waals surface area contributed by atoms with Crippen molar-refractivity contribution < 1.29 is 35.5 Å². The summed E-state index contributed by atoms with van der Waals surface area (Å²) in [4.78, 5) is 23.0. The van der Waals surface area contributed by atoms with E-state index in [0.29, 0.717) is 11.1 Å². The second-order valence-corrected chi connectivity index (χ2v) is 7.94. The summed E-state index contributed by atoms with van der Waals surface area (Å²) in [6, 6.07) is 2.86. The summed E-state index contributed by atoms with van der Waals surface area (Å²) < 4.78 is 59.8. The number of amides is 2. The summed E-state index contributed by atoms with van der Waals surface area (Å²) >= 11 is 0. The molecular weight excluding hydrogens is 364 g/mol. The normalized spacial score (nSPS) is 11.8. The molecule has 0 radical (unpaired) electrons. The van der Waals surface area contributed by atoms with Gasteiger partial charge in [-0.1, -0.05) is 0 Å². The summed E-state index contributed by atoms with van der Waals surface area (Å²) in [7, 11) is -8.91. The minimum Gasteiger partial charge on any atom is -0.325 e. The molecule has 2 amide bonds. The van der Waals surface area contributed by atoms with E-state index in [4.69, 9.17) is 9.11 Å². The van der Waals surface area contributed by atoms with Crippen LogP contribution in [0.25, 0.3) is 0 Å². The maximum absolute atomic E-state index is 11.5.